The van der Waals surface area contributed by atoms with Crippen molar-refractivity contribution in [3.63, 3.8) is 0 Å². The van der Waals surface area contributed by atoms with Crippen LogP contribution in [0.25, 0.3) is 5.65 Å². The van der Waals surface area contributed by atoms with Crippen molar-refractivity contribution in [3.8, 4) is 5.75 Å². The fourth-order valence-electron chi connectivity index (χ4n) is 3.80. The standard InChI is InChI=1S/C22H23F2N3O2/c1-12-8-20(29-11-15-16(23)4-3-5-17(15)24)22-26-13(2)21(27(22)10-12)19(28)9-14-6-7-18(14)25/h3-5,8,10,14,18H,6-7,9,11,25H2,1-2H3. The summed E-state index contributed by atoms with van der Waals surface area (Å²) in [7, 11) is 0. The molecule has 152 valence electrons. The second kappa shape index (κ2) is 7.55. The van der Waals surface area contributed by atoms with E-state index in [2.05, 4.69) is 4.98 Å². The number of aromatic nitrogens is 2. The lowest BCUT2D eigenvalue weighted by molar-refractivity contribution is 0.0914. The van der Waals surface area contributed by atoms with E-state index in [9.17, 15) is 13.6 Å². The molecule has 1 aliphatic carbocycles. The molecule has 0 spiro atoms. The molecule has 29 heavy (non-hydrogen) atoms. The zero-order valence-electron chi connectivity index (χ0n) is 16.4. The van der Waals surface area contributed by atoms with E-state index in [0.29, 0.717) is 29.2 Å². The Bertz CT molecular complexity index is 1070. The SMILES string of the molecule is Cc1cc(OCc2c(F)cccc2F)c2nc(C)c(C(=O)CC3CCC3N)n2c1. The lowest BCUT2D eigenvalue weighted by atomic mass is 9.77. The third kappa shape index (κ3) is 3.62. The summed E-state index contributed by atoms with van der Waals surface area (Å²) in [5.41, 5.74) is 8.23. The number of halogens is 2. The lowest BCUT2D eigenvalue weighted by Crippen LogP contribution is -2.40. The molecule has 5 nitrogen and oxygen atoms in total. The average Bonchev–Trinajstić information content (AvgIpc) is 3.00. The maximum absolute atomic E-state index is 13.9. The van der Waals surface area contributed by atoms with Crippen molar-refractivity contribution in [2.24, 2.45) is 11.7 Å². The smallest absolute Gasteiger partial charge is 0.181 e. The molecular formula is C22H23F2N3O2. The molecule has 2 unspecified atom stereocenters. The van der Waals surface area contributed by atoms with Gasteiger partial charge >= 0.3 is 0 Å². The van der Waals surface area contributed by atoms with E-state index >= 15 is 0 Å². The third-order valence-corrected chi connectivity index (χ3v) is 5.62. The van der Waals surface area contributed by atoms with Gasteiger partial charge in [0.1, 0.15) is 23.9 Å². The van der Waals surface area contributed by atoms with Crippen molar-refractivity contribution in [1.29, 1.82) is 0 Å². The number of rotatable bonds is 6. The first-order chi connectivity index (χ1) is 13.8. The molecule has 1 saturated carbocycles. The average molecular weight is 399 g/mol. The predicted octanol–water partition coefficient (Wildman–Crippen LogP) is 4.12. The molecule has 2 N–H and O–H groups in total. The molecule has 1 aliphatic rings. The Labute approximate surface area is 167 Å². The zero-order chi connectivity index (χ0) is 20.7. The van der Waals surface area contributed by atoms with Crippen molar-refractivity contribution in [2.45, 2.75) is 45.8 Å². The van der Waals surface area contributed by atoms with Gasteiger partial charge in [-0.2, -0.15) is 0 Å². The Hall–Kier alpha value is -2.80. The van der Waals surface area contributed by atoms with E-state index in [-0.39, 0.29) is 29.9 Å². The van der Waals surface area contributed by atoms with Crippen molar-refractivity contribution < 1.29 is 18.3 Å². The summed E-state index contributed by atoms with van der Waals surface area (Å²) in [4.78, 5) is 17.4. The number of aryl methyl sites for hydroxylation is 2. The second-order valence-electron chi connectivity index (χ2n) is 7.74. The fourth-order valence-corrected chi connectivity index (χ4v) is 3.80. The Morgan fingerprint density at radius 1 is 1.28 bits per heavy atom. The number of carbonyl (C=O) groups is 1. The number of imidazole rings is 1. The number of hydrogen-bond acceptors (Lipinski definition) is 4. The van der Waals surface area contributed by atoms with Gasteiger partial charge in [0.25, 0.3) is 0 Å². The monoisotopic (exact) mass is 399 g/mol. The maximum atomic E-state index is 13.9. The van der Waals surface area contributed by atoms with Gasteiger partial charge in [0.2, 0.25) is 0 Å². The summed E-state index contributed by atoms with van der Waals surface area (Å²) in [6.07, 6.45) is 4.12. The number of Topliss-reactive ketones (excluding diaryl/α,β-unsaturated/α-hetero) is 1. The van der Waals surface area contributed by atoms with Gasteiger partial charge in [0.15, 0.2) is 17.2 Å². The van der Waals surface area contributed by atoms with Gasteiger partial charge in [-0.3, -0.25) is 9.20 Å². The summed E-state index contributed by atoms with van der Waals surface area (Å²) in [5.74, 6) is -0.763. The topological polar surface area (TPSA) is 69.6 Å². The molecule has 0 amide bonds. The highest BCUT2D eigenvalue weighted by Gasteiger charge is 2.31. The minimum absolute atomic E-state index is 0.00755. The van der Waals surface area contributed by atoms with Crippen LogP contribution >= 0.6 is 0 Å². The quantitative estimate of drug-likeness (QED) is 0.633. The highest BCUT2D eigenvalue weighted by Crippen LogP contribution is 2.31. The predicted molar refractivity (Wildman–Crippen MR) is 105 cm³/mol. The summed E-state index contributed by atoms with van der Waals surface area (Å²) >= 11 is 0. The summed E-state index contributed by atoms with van der Waals surface area (Å²) in [5, 5.41) is 0. The number of ether oxygens (including phenoxy) is 1. The molecular weight excluding hydrogens is 376 g/mol. The maximum Gasteiger partial charge on any atom is 0.181 e. The second-order valence-corrected chi connectivity index (χ2v) is 7.74. The minimum Gasteiger partial charge on any atom is -0.485 e. The zero-order valence-corrected chi connectivity index (χ0v) is 16.4. The summed E-state index contributed by atoms with van der Waals surface area (Å²) in [6, 6.07) is 5.51. The van der Waals surface area contributed by atoms with Crippen molar-refractivity contribution in [1.82, 2.24) is 9.38 Å². The summed E-state index contributed by atoms with van der Waals surface area (Å²) in [6.45, 7) is 3.36. The number of fused-ring (bicyclic) bond motifs is 1. The molecule has 0 saturated heterocycles. The first-order valence-electron chi connectivity index (χ1n) is 9.69. The summed E-state index contributed by atoms with van der Waals surface area (Å²) < 4.78 is 35.3. The number of nitrogens with zero attached hydrogens (tertiary/aromatic N) is 2. The van der Waals surface area contributed by atoms with Crippen LogP contribution in [0.3, 0.4) is 0 Å². The van der Waals surface area contributed by atoms with Gasteiger partial charge in [-0.05, 0) is 56.4 Å². The largest absolute Gasteiger partial charge is 0.485 e. The van der Waals surface area contributed by atoms with Gasteiger partial charge in [-0.25, -0.2) is 13.8 Å². The lowest BCUT2D eigenvalue weighted by Gasteiger charge is -2.32. The molecule has 1 aromatic carbocycles. The van der Waals surface area contributed by atoms with E-state index in [1.165, 1.54) is 18.2 Å². The van der Waals surface area contributed by atoms with Crippen LogP contribution in [0.15, 0.2) is 30.5 Å². The number of pyridine rings is 1. The van der Waals surface area contributed by atoms with Crippen molar-refractivity contribution in [2.75, 3.05) is 0 Å². The first kappa shape index (κ1) is 19.5. The Morgan fingerprint density at radius 2 is 2.00 bits per heavy atom. The van der Waals surface area contributed by atoms with Crippen LogP contribution in [-0.2, 0) is 6.61 Å². The first-order valence-corrected chi connectivity index (χ1v) is 9.69. The van der Waals surface area contributed by atoms with Crippen LogP contribution in [0.1, 0.15) is 46.6 Å². The fraction of sp³-hybridized carbons (Fsp3) is 0.364. The van der Waals surface area contributed by atoms with Gasteiger partial charge < -0.3 is 10.5 Å². The number of nitrogens with two attached hydrogens (primary N) is 1. The molecule has 0 bridgehead atoms. The van der Waals surface area contributed by atoms with E-state index < -0.39 is 11.6 Å². The van der Waals surface area contributed by atoms with Gasteiger partial charge in [-0.15, -0.1) is 0 Å². The molecule has 2 atom stereocenters. The van der Waals surface area contributed by atoms with Crippen LogP contribution < -0.4 is 10.5 Å². The molecule has 7 heteroatoms. The van der Waals surface area contributed by atoms with Crippen LogP contribution in [0, 0.1) is 31.4 Å². The van der Waals surface area contributed by atoms with Crippen LogP contribution in [-0.4, -0.2) is 21.2 Å². The van der Waals surface area contributed by atoms with E-state index in [0.717, 1.165) is 18.4 Å². The molecule has 0 aliphatic heterocycles. The molecule has 0 radical (unpaired) electrons. The highest BCUT2D eigenvalue weighted by molar-refractivity contribution is 5.97. The van der Waals surface area contributed by atoms with Crippen molar-refractivity contribution in [3.05, 3.63) is 64.6 Å². The van der Waals surface area contributed by atoms with Crippen LogP contribution in [0.4, 0.5) is 8.78 Å². The van der Waals surface area contributed by atoms with E-state index in [1.54, 1.807) is 17.4 Å². The Kier molecular flexibility index (Phi) is 5.08. The van der Waals surface area contributed by atoms with Crippen molar-refractivity contribution >= 4 is 11.4 Å². The Balaban J connectivity index is 1.66. The molecule has 2 aromatic heterocycles. The van der Waals surface area contributed by atoms with Crippen LogP contribution in [0.5, 0.6) is 5.75 Å². The van der Waals surface area contributed by atoms with Gasteiger partial charge in [0, 0.05) is 18.7 Å². The highest BCUT2D eigenvalue weighted by atomic mass is 19.1. The van der Waals surface area contributed by atoms with E-state index in [4.69, 9.17) is 10.5 Å². The molecule has 1 fully saturated rings. The molecule has 2 heterocycles. The number of hydrogen-bond donors (Lipinski definition) is 1. The van der Waals surface area contributed by atoms with Crippen LogP contribution in [0.2, 0.25) is 0 Å². The van der Waals surface area contributed by atoms with Gasteiger partial charge in [0.05, 0.1) is 11.3 Å². The number of ketones is 1. The normalized spacial score (nSPS) is 18.7. The van der Waals surface area contributed by atoms with Gasteiger partial charge in [-0.1, -0.05) is 6.07 Å². The number of benzene rings is 1. The third-order valence-electron chi connectivity index (χ3n) is 5.62. The molecule has 4 rings (SSSR count). The Morgan fingerprint density at radius 3 is 2.62 bits per heavy atom. The number of carbonyl (C=O) groups excluding carboxylic acids is 1. The minimum atomic E-state index is -0.666. The van der Waals surface area contributed by atoms with E-state index in [1.807, 2.05) is 13.1 Å². The molecule has 3 aromatic rings.